The van der Waals surface area contributed by atoms with E-state index >= 15 is 0 Å². The summed E-state index contributed by atoms with van der Waals surface area (Å²) in [4.78, 5) is 41.1. The number of fused-ring (bicyclic) bond motifs is 1. The largest absolute Gasteiger partial charge is 0.394 e. The van der Waals surface area contributed by atoms with Gasteiger partial charge in [0.1, 0.15) is 5.78 Å². The van der Waals surface area contributed by atoms with E-state index < -0.39 is 20.0 Å². The van der Waals surface area contributed by atoms with E-state index in [9.17, 15) is 9.36 Å². The molecule has 0 radical (unpaired) electrons. The molecule has 1 unspecified atom stereocenters. The lowest BCUT2D eigenvalue weighted by molar-refractivity contribution is 0.267. The van der Waals surface area contributed by atoms with Crippen molar-refractivity contribution in [3.05, 3.63) is 22.7 Å². The van der Waals surface area contributed by atoms with Gasteiger partial charge in [0, 0.05) is 12.4 Å². The highest BCUT2D eigenvalue weighted by atomic mass is 31.2. The molecule has 20 heavy (non-hydrogen) atoms. The highest BCUT2D eigenvalue weighted by molar-refractivity contribution is 7.52. The lowest BCUT2D eigenvalue weighted by Gasteiger charge is -2.08. The van der Waals surface area contributed by atoms with E-state index in [2.05, 4.69) is 19.9 Å². The molecule has 2 aromatic heterocycles. The van der Waals surface area contributed by atoms with Crippen LogP contribution in [0.4, 0.5) is 5.95 Å². The van der Waals surface area contributed by atoms with Crippen LogP contribution >= 0.6 is 7.60 Å². The fourth-order valence-corrected chi connectivity index (χ4v) is 1.21. The molecule has 2 aromatic rings. The Morgan fingerprint density at radius 2 is 1.95 bits per heavy atom. The van der Waals surface area contributed by atoms with Gasteiger partial charge >= 0.3 is 7.60 Å². The molecule has 0 fully saturated rings. The first-order chi connectivity index (χ1) is 9.25. The molecule has 2 heterocycles. The quantitative estimate of drug-likeness (QED) is 0.328. The van der Waals surface area contributed by atoms with Gasteiger partial charge in [-0.1, -0.05) is 0 Å². The van der Waals surface area contributed by atoms with Gasteiger partial charge in [0.25, 0.3) is 5.56 Å². The summed E-state index contributed by atoms with van der Waals surface area (Å²) in [5, 5.41) is 8.05. The minimum absolute atomic E-state index is 0.0491. The van der Waals surface area contributed by atoms with E-state index in [4.69, 9.17) is 26.4 Å². The standard InChI is InChI=1S/C6H5N5O.C2H8NO4P/c7-6-10-4-3(5(12)11-6)8-1-2-9-4;3-2(1-4)8(5,6)7/h1-2H,(H3,7,9,10,11,12);2,4H,1,3H2,(H2,5,6,7). The molecule has 2 rings (SSSR count). The Kier molecular flexibility index (Phi) is 5.25. The van der Waals surface area contributed by atoms with Crippen LogP contribution in [0.15, 0.2) is 17.2 Å². The topological polar surface area (TPSA) is 201 Å². The van der Waals surface area contributed by atoms with Gasteiger partial charge in [-0.2, -0.15) is 4.98 Å². The lowest BCUT2D eigenvalue weighted by atomic mass is 10.5. The average Bonchev–Trinajstić information content (AvgIpc) is 2.37. The molecular formula is C8H13N6O5P. The number of aliphatic hydroxyl groups is 1. The molecule has 0 amide bonds. The van der Waals surface area contributed by atoms with Gasteiger partial charge in [-0.05, 0) is 0 Å². The number of anilines is 1. The van der Waals surface area contributed by atoms with Crippen LogP contribution in [-0.4, -0.2) is 47.2 Å². The smallest absolute Gasteiger partial charge is 0.344 e. The number of aliphatic hydroxyl groups excluding tert-OH is 1. The van der Waals surface area contributed by atoms with E-state index in [-0.39, 0.29) is 22.7 Å². The van der Waals surface area contributed by atoms with Crippen LogP contribution in [0, 0.1) is 0 Å². The van der Waals surface area contributed by atoms with Crippen LogP contribution in [0.25, 0.3) is 11.2 Å². The number of hydrogen-bond donors (Lipinski definition) is 6. The third-order valence-corrected chi connectivity index (χ3v) is 3.01. The van der Waals surface area contributed by atoms with Crippen LogP contribution < -0.4 is 17.0 Å². The molecule has 0 saturated carbocycles. The van der Waals surface area contributed by atoms with Crippen LogP contribution in [0.5, 0.6) is 0 Å². The molecule has 0 saturated heterocycles. The predicted octanol–water partition coefficient (Wildman–Crippen LogP) is -2.26. The number of aromatic amines is 1. The molecule has 0 spiro atoms. The van der Waals surface area contributed by atoms with Crippen LogP contribution in [0.2, 0.25) is 0 Å². The van der Waals surface area contributed by atoms with Gasteiger partial charge in [0.2, 0.25) is 5.95 Å². The van der Waals surface area contributed by atoms with E-state index in [1.807, 2.05) is 0 Å². The molecule has 110 valence electrons. The predicted molar refractivity (Wildman–Crippen MR) is 69.5 cm³/mol. The second-order valence-electron chi connectivity index (χ2n) is 3.52. The Hall–Kier alpha value is -1.91. The van der Waals surface area contributed by atoms with E-state index in [0.29, 0.717) is 0 Å². The van der Waals surface area contributed by atoms with Crippen molar-refractivity contribution in [3.8, 4) is 0 Å². The Bertz CT molecular complexity index is 684. The molecule has 0 aromatic carbocycles. The van der Waals surface area contributed by atoms with Crippen LogP contribution in [0.1, 0.15) is 0 Å². The number of rotatable bonds is 2. The summed E-state index contributed by atoms with van der Waals surface area (Å²) in [6.07, 6.45) is 2.88. The summed E-state index contributed by atoms with van der Waals surface area (Å²) < 4.78 is 9.97. The molecule has 0 aliphatic carbocycles. The Labute approximate surface area is 111 Å². The maximum atomic E-state index is 11.1. The number of nitrogens with one attached hydrogen (secondary N) is 1. The van der Waals surface area contributed by atoms with Crippen molar-refractivity contribution in [1.29, 1.82) is 0 Å². The molecule has 12 heteroatoms. The zero-order valence-corrected chi connectivity index (χ0v) is 10.9. The van der Waals surface area contributed by atoms with E-state index in [1.165, 1.54) is 12.4 Å². The van der Waals surface area contributed by atoms with Crippen molar-refractivity contribution >= 4 is 24.7 Å². The first kappa shape index (κ1) is 16.1. The van der Waals surface area contributed by atoms with Gasteiger partial charge in [-0.25, -0.2) is 9.97 Å². The summed E-state index contributed by atoms with van der Waals surface area (Å²) in [6, 6.07) is 0. The number of hydrogen-bond acceptors (Lipinski definition) is 8. The molecular weight excluding hydrogens is 291 g/mol. The Morgan fingerprint density at radius 3 is 2.45 bits per heavy atom. The number of nitrogens with zero attached hydrogens (tertiary/aromatic N) is 3. The Balaban J connectivity index is 0.000000221. The van der Waals surface area contributed by atoms with Gasteiger partial charge in [-0.3, -0.25) is 14.3 Å². The normalized spacial score (nSPS) is 12.6. The van der Waals surface area contributed by atoms with Crippen molar-refractivity contribution in [2.24, 2.45) is 5.73 Å². The van der Waals surface area contributed by atoms with Crippen molar-refractivity contribution in [3.63, 3.8) is 0 Å². The summed E-state index contributed by atoms with van der Waals surface area (Å²) in [5.74, 6) is -1.38. The van der Waals surface area contributed by atoms with Crippen molar-refractivity contribution in [2.75, 3.05) is 12.3 Å². The van der Waals surface area contributed by atoms with E-state index in [1.54, 1.807) is 0 Å². The zero-order valence-electron chi connectivity index (χ0n) is 10.0. The highest BCUT2D eigenvalue weighted by Crippen LogP contribution is 2.37. The second-order valence-corrected chi connectivity index (χ2v) is 5.36. The second kappa shape index (κ2) is 6.50. The monoisotopic (exact) mass is 304 g/mol. The minimum Gasteiger partial charge on any atom is -0.394 e. The fraction of sp³-hybridized carbons (Fsp3) is 0.250. The molecule has 0 bridgehead atoms. The van der Waals surface area contributed by atoms with Crippen molar-refractivity contribution in [1.82, 2.24) is 19.9 Å². The lowest BCUT2D eigenvalue weighted by Crippen LogP contribution is -2.23. The number of nitrogens with two attached hydrogens (primary N) is 2. The summed E-state index contributed by atoms with van der Waals surface area (Å²) in [7, 11) is -4.23. The summed E-state index contributed by atoms with van der Waals surface area (Å²) in [5.41, 5.74) is 10.1. The number of H-pyrrole nitrogens is 1. The van der Waals surface area contributed by atoms with Crippen LogP contribution in [0.3, 0.4) is 0 Å². The molecule has 0 aliphatic rings. The minimum atomic E-state index is -4.23. The van der Waals surface area contributed by atoms with Gasteiger partial charge in [-0.15, -0.1) is 0 Å². The van der Waals surface area contributed by atoms with Crippen LogP contribution in [-0.2, 0) is 4.57 Å². The molecule has 0 aliphatic heterocycles. The summed E-state index contributed by atoms with van der Waals surface area (Å²) in [6.45, 7) is -0.690. The average molecular weight is 304 g/mol. The Morgan fingerprint density at radius 1 is 1.35 bits per heavy atom. The molecule has 8 N–H and O–H groups in total. The third kappa shape index (κ3) is 4.33. The fourth-order valence-electron chi connectivity index (χ4n) is 0.997. The number of aromatic nitrogens is 4. The van der Waals surface area contributed by atoms with Gasteiger partial charge < -0.3 is 26.4 Å². The van der Waals surface area contributed by atoms with E-state index in [0.717, 1.165) is 0 Å². The first-order valence-electron chi connectivity index (χ1n) is 5.14. The van der Waals surface area contributed by atoms with Gasteiger partial charge in [0.05, 0.1) is 6.61 Å². The highest BCUT2D eigenvalue weighted by Gasteiger charge is 2.22. The maximum absolute atomic E-state index is 11.1. The third-order valence-electron chi connectivity index (χ3n) is 1.98. The number of nitrogen functional groups attached to an aromatic ring is 1. The van der Waals surface area contributed by atoms with Crippen molar-refractivity contribution < 1.29 is 19.5 Å². The first-order valence-corrected chi connectivity index (χ1v) is 6.82. The summed E-state index contributed by atoms with van der Waals surface area (Å²) >= 11 is 0. The van der Waals surface area contributed by atoms with Crippen molar-refractivity contribution in [2.45, 2.75) is 5.78 Å². The zero-order chi connectivity index (χ0) is 15.3. The SMILES string of the molecule is NC(CO)P(=O)(O)O.Nc1nc2nccnc2c(=O)[nH]1. The van der Waals surface area contributed by atoms with Gasteiger partial charge in [0.15, 0.2) is 11.2 Å². The molecule has 11 nitrogen and oxygen atoms in total. The molecule has 1 atom stereocenters. The maximum Gasteiger partial charge on any atom is 0.344 e.